The van der Waals surface area contributed by atoms with Crippen molar-refractivity contribution in [2.24, 2.45) is 5.92 Å². The molecule has 1 saturated heterocycles. The molecule has 0 bridgehead atoms. The monoisotopic (exact) mass is 421 g/mol. The number of nitrogens with zero attached hydrogens (tertiary/aromatic N) is 3. The number of rotatable bonds is 4. The molecule has 1 aliphatic rings. The number of hydrogen-bond acceptors (Lipinski definition) is 4. The number of likely N-dealkylation sites (tertiary alicyclic amines) is 1. The number of fused-ring (bicyclic) bond motifs is 1. The zero-order valence-corrected chi connectivity index (χ0v) is 18.5. The standard InChI is InChI=1S/C24H27N3O2S/c1-16-8-10-19(11-9-16)27-23(29)20-6-4-5-7-21(20)25-24(27)30-18(3)22(28)26-14-12-17(2)13-15-26/h4-11,17-18H,12-15H2,1-3H3. The fourth-order valence-electron chi connectivity index (χ4n) is 3.81. The molecule has 1 aromatic heterocycles. The number of aromatic nitrogens is 2. The van der Waals surface area contributed by atoms with E-state index in [-0.39, 0.29) is 16.7 Å². The van der Waals surface area contributed by atoms with Gasteiger partial charge >= 0.3 is 0 Å². The van der Waals surface area contributed by atoms with Crippen molar-refractivity contribution in [3.8, 4) is 5.69 Å². The van der Waals surface area contributed by atoms with Gasteiger partial charge in [0.1, 0.15) is 0 Å². The minimum absolute atomic E-state index is 0.113. The van der Waals surface area contributed by atoms with Crippen molar-refractivity contribution < 1.29 is 4.79 Å². The number of benzene rings is 2. The predicted molar refractivity (Wildman–Crippen MR) is 122 cm³/mol. The minimum atomic E-state index is -0.317. The van der Waals surface area contributed by atoms with Crippen LogP contribution in [0.2, 0.25) is 0 Å². The van der Waals surface area contributed by atoms with Crippen molar-refractivity contribution >= 4 is 28.6 Å². The number of carbonyl (C=O) groups excluding carboxylic acids is 1. The largest absolute Gasteiger partial charge is 0.342 e. The van der Waals surface area contributed by atoms with Crippen molar-refractivity contribution in [1.82, 2.24) is 14.5 Å². The van der Waals surface area contributed by atoms with E-state index in [9.17, 15) is 9.59 Å². The quantitative estimate of drug-likeness (QED) is 0.462. The third-order valence-electron chi connectivity index (χ3n) is 5.76. The first-order chi connectivity index (χ1) is 14.4. The first kappa shape index (κ1) is 20.7. The Morgan fingerprint density at radius 2 is 1.77 bits per heavy atom. The third kappa shape index (κ3) is 4.15. The van der Waals surface area contributed by atoms with Crippen LogP contribution in [0.25, 0.3) is 16.6 Å². The molecule has 156 valence electrons. The van der Waals surface area contributed by atoms with Gasteiger partial charge in [-0.05, 0) is 56.9 Å². The molecule has 0 radical (unpaired) electrons. The molecule has 1 unspecified atom stereocenters. The Morgan fingerprint density at radius 1 is 1.10 bits per heavy atom. The Morgan fingerprint density at radius 3 is 2.47 bits per heavy atom. The SMILES string of the molecule is Cc1ccc(-n2c(SC(C)C(=O)N3CCC(C)CC3)nc3ccccc3c2=O)cc1. The molecule has 2 heterocycles. The molecule has 0 N–H and O–H groups in total. The van der Waals surface area contributed by atoms with Gasteiger partial charge in [-0.1, -0.05) is 48.5 Å². The highest BCUT2D eigenvalue weighted by molar-refractivity contribution is 8.00. The van der Waals surface area contributed by atoms with Gasteiger partial charge in [-0.15, -0.1) is 0 Å². The molecule has 2 aromatic carbocycles. The number of piperidine rings is 1. The first-order valence-corrected chi connectivity index (χ1v) is 11.4. The van der Waals surface area contributed by atoms with Crippen LogP contribution in [-0.2, 0) is 4.79 Å². The summed E-state index contributed by atoms with van der Waals surface area (Å²) in [5, 5.41) is 0.809. The van der Waals surface area contributed by atoms with Gasteiger partial charge in [0.05, 0.1) is 21.8 Å². The number of hydrogen-bond donors (Lipinski definition) is 0. The Labute approximate surface area is 181 Å². The molecule has 3 aromatic rings. The maximum absolute atomic E-state index is 13.3. The second kappa shape index (κ2) is 8.64. The lowest BCUT2D eigenvalue weighted by atomic mass is 9.99. The Hall–Kier alpha value is -2.60. The van der Waals surface area contributed by atoms with Gasteiger partial charge in [0, 0.05) is 13.1 Å². The van der Waals surface area contributed by atoms with Crippen LogP contribution in [0.1, 0.15) is 32.3 Å². The van der Waals surface area contributed by atoms with Crippen molar-refractivity contribution in [2.75, 3.05) is 13.1 Å². The molecule has 1 fully saturated rings. The van der Waals surface area contributed by atoms with Gasteiger partial charge in [-0.3, -0.25) is 14.2 Å². The van der Waals surface area contributed by atoms with Crippen LogP contribution in [0.3, 0.4) is 0 Å². The molecular weight excluding hydrogens is 394 g/mol. The molecule has 0 saturated carbocycles. The summed E-state index contributed by atoms with van der Waals surface area (Å²) < 4.78 is 1.63. The van der Waals surface area contributed by atoms with Gasteiger partial charge in [-0.2, -0.15) is 0 Å². The van der Waals surface area contributed by atoms with Crippen LogP contribution >= 0.6 is 11.8 Å². The summed E-state index contributed by atoms with van der Waals surface area (Å²) in [6, 6.07) is 15.2. The van der Waals surface area contributed by atoms with Crippen molar-refractivity contribution in [1.29, 1.82) is 0 Å². The first-order valence-electron chi connectivity index (χ1n) is 10.5. The number of carbonyl (C=O) groups is 1. The van der Waals surface area contributed by atoms with E-state index in [1.165, 1.54) is 11.8 Å². The lowest BCUT2D eigenvalue weighted by Gasteiger charge is -2.32. The van der Waals surface area contributed by atoms with Crippen LogP contribution in [0.5, 0.6) is 0 Å². The van der Waals surface area contributed by atoms with Crippen LogP contribution in [0, 0.1) is 12.8 Å². The highest BCUT2D eigenvalue weighted by Gasteiger charge is 2.27. The molecule has 5 nitrogen and oxygen atoms in total. The number of thioether (sulfide) groups is 1. The van der Waals surface area contributed by atoms with Gasteiger partial charge in [0.15, 0.2) is 5.16 Å². The summed E-state index contributed by atoms with van der Waals surface area (Å²) in [6.07, 6.45) is 2.09. The summed E-state index contributed by atoms with van der Waals surface area (Å²) in [5.41, 5.74) is 2.42. The van der Waals surface area contributed by atoms with Crippen LogP contribution in [0.15, 0.2) is 58.5 Å². The van der Waals surface area contributed by atoms with Gasteiger partial charge in [0.25, 0.3) is 5.56 Å². The lowest BCUT2D eigenvalue weighted by molar-refractivity contribution is -0.131. The summed E-state index contributed by atoms with van der Waals surface area (Å²) in [6.45, 7) is 7.77. The van der Waals surface area contributed by atoms with E-state index in [0.717, 1.165) is 37.2 Å². The van der Waals surface area contributed by atoms with E-state index in [1.54, 1.807) is 10.6 Å². The van der Waals surface area contributed by atoms with E-state index in [1.807, 2.05) is 61.2 Å². The van der Waals surface area contributed by atoms with E-state index >= 15 is 0 Å². The Kier molecular flexibility index (Phi) is 5.95. The van der Waals surface area contributed by atoms with Gasteiger partial charge < -0.3 is 4.90 Å². The van der Waals surface area contributed by atoms with E-state index in [4.69, 9.17) is 4.98 Å². The summed E-state index contributed by atoms with van der Waals surface area (Å²) in [7, 11) is 0. The number of para-hydroxylation sites is 1. The van der Waals surface area contributed by atoms with Crippen LogP contribution in [0.4, 0.5) is 0 Å². The van der Waals surface area contributed by atoms with Crippen LogP contribution in [-0.4, -0.2) is 38.7 Å². The third-order valence-corrected chi connectivity index (χ3v) is 6.80. The maximum atomic E-state index is 13.3. The molecule has 1 atom stereocenters. The van der Waals surface area contributed by atoms with Crippen LogP contribution < -0.4 is 5.56 Å². The molecule has 1 amide bonds. The number of aryl methyl sites for hydroxylation is 1. The summed E-state index contributed by atoms with van der Waals surface area (Å²) in [4.78, 5) is 33.1. The van der Waals surface area contributed by atoms with E-state index in [0.29, 0.717) is 22.0 Å². The second-order valence-corrected chi connectivity index (χ2v) is 9.46. The molecule has 0 spiro atoms. The Balaban J connectivity index is 1.72. The molecular formula is C24H27N3O2S. The topological polar surface area (TPSA) is 55.2 Å². The fourth-order valence-corrected chi connectivity index (χ4v) is 4.82. The zero-order valence-electron chi connectivity index (χ0n) is 17.7. The van der Waals surface area contributed by atoms with Gasteiger partial charge in [-0.25, -0.2) is 4.98 Å². The van der Waals surface area contributed by atoms with E-state index in [2.05, 4.69) is 6.92 Å². The molecule has 30 heavy (non-hydrogen) atoms. The maximum Gasteiger partial charge on any atom is 0.266 e. The highest BCUT2D eigenvalue weighted by atomic mass is 32.2. The molecule has 6 heteroatoms. The van der Waals surface area contributed by atoms with Crippen molar-refractivity contribution in [2.45, 2.75) is 44.0 Å². The second-order valence-electron chi connectivity index (χ2n) is 8.16. The van der Waals surface area contributed by atoms with E-state index < -0.39 is 0 Å². The zero-order chi connectivity index (χ0) is 21.3. The summed E-state index contributed by atoms with van der Waals surface area (Å²) in [5.74, 6) is 0.788. The highest BCUT2D eigenvalue weighted by Crippen LogP contribution is 2.27. The van der Waals surface area contributed by atoms with Crippen molar-refractivity contribution in [3.63, 3.8) is 0 Å². The number of amides is 1. The molecule has 4 rings (SSSR count). The minimum Gasteiger partial charge on any atom is -0.342 e. The summed E-state index contributed by atoms with van der Waals surface area (Å²) >= 11 is 1.36. The molecule has 1 aliphatic heterocycles. The smallest absolute Gasteiger partial charge is 0.266 e. The predicted octanol–water partition coefficient (Wildman–Crippen LogP) is 4.43. The van der Waals surface area contributed by atoms with Crippen molar-refractivity contribution in [3.05, 3.63) is 64.4 Å². The normalized spacial score (nSPS) is 16.0. The Bertz CT molecular complexity index is 1120. The van der Waals surface area contributed by atoms with Gasteiger partial charge in [0.2, 0.25) is 5.91 Å². The fraction of sp³-hybridized carbons (Fsp3) is 0.375. The average molecular weight is 422 g/mol. The lowest BCUT2D eigenvalue weighted by Crippen LogP contribution is -2.42. The molecule has 0 aliphatic carbocycles. The average Bonchev–Trinajstić information content (AvgIpc) is 2.75.